The van der Waals surface area contributed by atoms with Crippen molar-refractivity contribution in [2.45, 2.75) is 65.3 Å². The van der Waals surface area contributed by atoms with E-state index in [-0.39, 0.29) is 0 Å². The molecule has 1 nitrogen and oxygen atoms in total. The summed E-state index contributed by atoms with van der Waals surface area (Å²) >= 11 is 0. The molecule has 0 bridgehead atoms. The largest absolute Gasteiger partial charge is 0.382 e. The van der Waals surface area contributed by atoms with E-state index < -0.39 is 0 Å². The van der Waals surface area contributed by atoms with Crippen molar-refractivity contribution >= 4 is 5.69 Å². The Labute approximate surface area is 112 Å². The summed E-state index contributed by atoms with van der Waals surface area (Å²) < 4.78 is 0. The van der Waals surface area contributed by atoms with Gasteiger partial charge in [-0.05, 0) is 68.7 Å². The second-order valence-electron chi connectivity index (χ2n) is 6.03. The van der Waals surface area contributed by atoms with Gasteiger partial charge in [0, 0.05) is 11.7 Å². The average molecular weight is 245 g/mol. The number of hydrogen-bond acceptors (Lipinski definition) is 1. The molecule has 0 amide bonds. The summed E-state index contributed by atoms with van der Waals surface area (Å²) in [6.07, 6.45) is 8.29. The topological polar surface area (TPSA) is 12.0 Å². The summed E-state index contributed by atoms with van der Waals surface area (Å²) in [5, 5.41) is 3.73. The Balaban J connectivity index is 1.87. The van der Waals surface area contributed by atoms with Gasteiger partial charge in [0.15, 0.2) is 0 Å². The van der Waals surface area contributed by atoms with Gasteiger partial charge in [-0.15, -0.1) is 0 Å². The fraction of sp³-hybridized carbons (Fsp3) is 0.647. The molecule has 1 aliphatic carbocycles. The molecule has 0 radical (unpaired) electrons. The molecule has 1 aromatic carbocycles. The molecule has 0 spiro atoms. The molecule has 0 unspecified atom stereocenters. The fourth-order valence-corrected chi connectivity index (χ4v) is 3.30. The summed E-state index contributed by atoms with van der Waals surface area (Å²) in [4.78, 5) is 0. The van der Waals surface area contributed by atoms with Crippen LogP contribution in [0.4, 0.5) is 5.69 Å². The van der Waals surface area contributed by atoms with Crippen LogP contribution in [0.5, 0.6) is 0 Å². The summed E-state index contributed by atoms with van der Waals surface area (Å²) in [5.74, 6) is 0.993. The van der Waals surface area contributed by atoms with E-state index >= 15 is 0 Å². The predicted octanol–water partition coefficient (Wildman–Crippen LogP) is 5.07. The molecule has 0 saturated heterocycles. The first-order valence-corrected chi connectivity index (χ1v) is 7.52. The predicted molar refractivity (Wildman–Crippen MR) is 80.2 cm³/mol. The Morgan fingerprint density at radius 2 is 1.61 bits per heavy atom. The zero-order valence-corrected chi connectivity index (χ0v) is 12.1. The van der Waals surface area contributed by atoms with Crippen LogP contribution in [0.15, 0.2) is 18.2 Å². The van der Waals surface area contributed by atoms with E-state index in [9.17, 15) is 0 Å². The Hall–Kier alpha value is -0.980. The SMILES string of the molecule is CCCC1CCC(Nc2cc(C)cc(C)c2)CC1. The zero-order valence-electron chi connectivity index (χ0n) is 12.1. The number of aryl methyl sites for hydroxylation is 2. The van der Waals surface area contributed by atoms with Gasteiger partial charge in [-0.1, -0.05) is 25.8 Å². The molecule has 2 rings (SSSR count). The lowest BCUT2D eigenvalue weighted by Crippen LogP contribution is -2.26. The minimum atomic E-state index is 0.694. The monoisotopic (exact) mass is 245 g/mol. The Bertz CT molecular complexity index is 355. The van der Waals surface area contributed by atoms with Crippen LogP contribution in [0.25, 0.3) is 0 Å². The van der Waals surface area contributed by atoms with Gasteiger partial charge in [-0.3, -0.25) is 0 Å². The molecule has 1 aromatic rings. The number of benzene rings is 1. The second kappa shape index (κ2) is 6.26. The van der Waals surface area contributed by atoms with Gasteiger partial charge in [0.2, 0.25) is 0 Å². The molecule has 0 heterocycles. The highest BCUT2D eigenvalue weighted by Crippen LogP contribution is 2.29. The molecule has 0 atom stereocenters. The number of hydrogen-bond donors (Lipinski definition) is 1. The van der Waals surface area contributed by atoms with Crippen LogP contribution in [0.1, 0.15) is 56.6 Å². The van der Waals surface area contributed by atoms with Gasteiger partial charge in [-0.2, -0.15) is 0 Å². The van der Waals surface area contributed by atoms with Gasteiger partial charge >= 0.3 is 0 Å². The van der Waals surface area contributed by atoms with Crippen molar-refractivity contribution in [3.05, 3.63) is 29.3 Å². The van der Waals surface area contributed by atoms with E-state index in [0.717, 1.165) is 5.92 Å². The molecule has 1 N–H and O–H groups in total. The van der Waals surface area contributed by atoms with Crippen LogP contribution < -0.4 is 5.32 Å². The van der Waals surface area contributed by atoms with Crippen LogP contribution >= 0.6 is 0 Å². The highest BCUT2D eigenvalue weighted by Gasteiger charge is 2.20. The van der Waals surface area contributed by atoms with Crippen molar-refractivity contribution in [1.82, 2.24) is 0 Å². The molecule has 1 fully saturated rings. The molecule has 1 saturated carbocycles. The minimum Gasteiger partial charge on any atom is -0.382 e. The summed E-state index contributed by atoms with van der Waals surface area (Å²) in [7, 11) is 0. The molecular formula is C17H27N. The third-order valence-corrected chi connectivity index (χ3v) is 4.14. The van der Waals surface area contributed by atoms with Crippen LogP contribution in [0, 0.1) is 19.8 Å². The maximum atomic E-state index is 3.73. The Kier molecular flexibility index (Phi) is 4.68. The van der Waals surface area contributed by atoms with Gasteiger partial charge in [0.25, 0.3) is 0 Å². The first kappa shape index (κ1) is 13.5. The second-order valence-corrected chi connectivity index (χ2v) is 6.03. The van der Waals surface area contributed by atoms with Gasteiger partial charge in [0.05, 0.1) is 0 Å². The smallest absolute Gasteiger partial charge is 0.0347 e. The van der Waals surface area contributed by atoms with E-state index in [1.165, 1.54) is 55.3 Å². The van der Waals surface area contributed by atoms with Gasteiger partial charge in [-0.25, -0.2) is 0 Å². The quantitative estimate of drug-likeness (QED) is 0.780. The molecule has 1 heteroatoms. The Morgan fingerprint density at radius 1 is 1.00 bits per heavy atom. The van der Waals surface area contributed by atoms with E-state index in [4.69, 9.17) is 0 Å². The fourth-order valence-electron chi connectivity index (χ4n) is 3.30. The summed E-state index contributed by atoms with van der Waals surface area (Å²) in [5.41, 5.74) is 4.03. The maximum Gasteiger partial charge on any atom is 0.0347 e. The van der Waals surface area contributed by atoms with Crippen molar-refractivity contribution in [2.75, 3.05) is 5.32 Å². The van der Waals surface area contributed by atoms with Crippen molar-refractivity contribution in [3.8, 4) is 0 Å². The molecular weight excluding hydrogens is 218 g/mol. The molecule has 18 heavy (non-hydrogen) atoms. The first-order valence-electron chi connectivity index (χ1n) is 7.52. The van der Waals surface area contributed by atoms with Crippen LogP contribution in [0.2, 0.25) is 0 Å². The summed E-state index contributed by atoms with van der Waals surface area (Å²) in [6.45, 7) is 6.66. The van der Waals surface area contributed by atoms with Crippen LogP contribution in [-0.4, -0.2) is 6.04 Å². The van der Waals surface area contributed by atoms with Crippen LogP contribution in [0.3, 0.4) is 0 Å². The molecule has 1 aliphatic rings. The minimum absolute atomic E-state index is 0.694. The van der Waals surface area contributed by atoms with E-state index in [1.807, 2.05) is 0 Å². The molecule has 100 valence electrons. The lowest BCUT2D eigenvalue weighted by molar-refractivity contribution is 0.319. The van der Waals surface area contributed by atoms with Crippen molar-refractivity contribution < 1.29 is 0 Å². The zero-order chi connectivity index (χ0) is 13.0. The normalized spacial score (nSPS) is 23.9. The van der Waals surface area contributed by atoms with Crippen molar-refractivity contribution in [3.63, 3.8) is 0 Å². The standard InChI is InChI=1S/C17H27N/c1-4-5-15-6-8-16(9-7-15)18-17-11-13(2)10-14(3)12-17/h10-12,15-16,18H,4-9H2,1-3H3. The number of rotatable bonds is 4. The highest BCUT2D eigenvalue weighted by atomic mass is 14.9. The van der Waals surface area contributed by atoms with E-state index in [0.29, 0.717) is 6.04 Å². The number of nitrogens with one attached hydrogen (secondary N) is 1. The van der Waals surface area contributed by atoms with Crippen LogP contribution in [-0.2, 0) is 0 Å². The van der Waals surface area contributed by atoms with Crippen molar-refractivity contribution in [2.24, 2.45) is 5.92 Å². The summed E-state index contributed by atoms with van der Waals surface area (Å²) in [6, 6.07) is 7.47. The van der Waals surface area contributed by atoms with Gasteiger partial charge < -0.3 is 5.32 Å². The van der Waals surface area contributed by atoms with E-state index in [2.05, 4.69) is 44.3 Å². The van der Waals surface area contributed by atoms with Gasteiger partial charge in [0.1, 0.15) is 0 Å². The highest BCUT2D eigenvalue weighted by molar-refractivity contribution is 5.49. The lowest BCUT2D eigenvalue weighted by atomic mass is 9.83. The third kappa shape index (κ3) is 3.76. The molecule has 0 aliphatic heterocycles. The maximum absolute atomic E-state index is 3.73. The van der Waals surface area contributed by atoms with Crippen molar-refractivity contribution in [1.29, 1.82) is 0 Å². The molecule has 0 aromatic heterocycles. The number of anilines is 1. The van der Waals surface area contributed by atoms with E-state index in [1.54, 1.807) is 0 Å². The lowest BCUT2D eigenvalue weighted by Gasteiger charge is -2.29. The first-order chi connectivity index (χ1) is 8.67. The third-order valence-electron chi connectivity index (χ3n) is 4.14. The average Bonchev–Trinajstić information content (AvgIpc) is 2.31. The Morgan fingerprint density at radius 3 is 2.17 bits per heavy atom.